The van der Waals surface area contributed by atoms with Gasteiger partial charge in [-0.15, -0.1) is 0 Å². The molecule has 0 spiro atoms. The molecule has 0 aliphatic carbocycles. The molecule has 1 rings (SSSR count). The van der Waals surface area contributed by atoms with Gasteiger partial charge in [0.05, 0.1) is 0 Å². The summed E-state index contributed by atoms with van der Waals surface area (Å²) in [6, 6.07) is 1.19. The van der Waals surface area contributed by atoms with Crippen molar-refractivity contribution in [1.29, 1.82) is 0 Å². The average Bonchev–Trinajstić information content (AvgIpc) is 2.71. The second-order valence-corrected chi connectivity index (χ2v) is 7.63. The van der Waals surface area contributed by atoms with Gasteiger partial charge in [-0.05, 0) is 24.8 Å². The van der Waals surface area contributed by atoms with E-state index in [1.54, 1.807) is 6.92 Å². The lowest BCUT2D eigenvalue weighted by molar-refractivity contribution is 0.0685. The molecule has 0 saturated heterocycles. The van der Waals surface area contributed by atoms with Gasteiger partial charge in [0.25, 0.3) is 0 Å². The van der Waals surface area contributed by atoms with Crippen molar-refractivity contribution in [2.75, 3.05) is 6.54 Å². The van der Waals surface area contributed by atoms with E-state index in [1.165, 1.54) is 16.8 Å². The maximum absolute atomic E-state index is 12.1. The minimum absolute atomic E-state index is 0.00865. The van der Waals surface area contributed by atoms with Gasteiger partial charge in [-0.2, -0.15) is 0 Å². The lowest BCUT2D eigenvalue weighted by Crippen LogP contribution is -2.27. The number of rotatable bonds is 6. The highest BCUT2D eigenvalue weighted by Crippen LogP contribution is 2.19. The monoisotopic (exact) mass is 302 g/mol. The Labute approximate surface area is 119 Å². The van der Waals surface area contributed by atoms with Gasteiger partial charge in [-0.1, -0.05) is 20.8 Å². The first kappa shape index (κ1) is 16.7. The molecule has 0 unspecified atom stereocenters. The van der Waals surface area contributed by atoms with E-state index < -0.39 is 16.0 Å². The van der Waals surface area contributed by atoms with Crippen molar-refractivity contribution in [1.82, 2.24) is 9.29 Å². The van der Waals surface area contributed by atoms with Crippen LogP contribution in [0.5, 0.6) is 0 Å². The van der Waals surface area contributed by atoms with Gasteiger partial charge in [0, 0.05) is 19.3 Å². The Kier molecular flexibility index (Phi) is 4.99. The Morgan fingerprint density at radius 3 is 2.40 bits per heavy atom. The molecule has 114 valence electrons. The summed E-state index contributed by atoms with van der Waals surface area (Å²) in [5, 5.41) is 9.02. The fourth-order valence-electron chi connectivity index (χ4n) is 1.71. The molecule has 0 amide bonds. The number of nitrogens with zero attached hydrogens (tertiary/aromatic N) is 1. The van der Waals surface area contributed by atoms with E-state index in [-0.39, 0.29) is 16.0 Å². The van der Waals surface area contributed by atoms with Crippen LogP contribution in [-0.4, -0.2) is 30.6 Å². The molecule has 20 heavy (non-hydrogen) atoms. The Morgan fingerprint density at radius 2 is 2.00 bits per heavy atom. The number of nitrogens with one attached hydrogen (secondary N) is 1. The summed E-state index contributed by atoms with van der Waals surface area (Å²) in [7, 11) is -3.66. The summed E-state index contributed by atoms with van der Waals surface area (Å²) < 4.78 is 28.1. The van der Waals surface area contributed by atoms with Crippen LogP contribution < -0.4 is 4.72 Å². The highest BCUT2D eigenvalue weighted by Gasteiger charge is 2.21. The van der Waals surface area contributed by atoms with E-state index in [0.29, 0.717) is 19.5 Å². The first-order valence-corrected chi connectivity index (χ1v) is 7.98. The third-order valence-electron chi connectivity index (χ3n) is 2.91. The predicted molar refractivity (Wildman–Crippen MR) is 76.3 cm³/mol. The molecule has 1 aromatic heterocycles. The second kappa shape index (κ2) is 5.97. The van der Waals surface area contributed by atoms with Crippen molar-refractivity contribution in [3.63, 3.8) is 0 Å². The minimum Gasteiger partial charge on any atom is -0.477 e. The van der Waals surface area contributed by atoms with Crippen LogP contribution in [-0.2, 0) is 16.6 Å². The first-order chi connectivity index (χ1) is 9.07. The number of carboxylic acids is 1. The van der Waals surface area contributed by atoms with Crippen LogP contribution in [0.1, 0.15) is 44.6 Å². The number of aromatic carboxylic acids is 1. The summed E-state index contributed by atoms with van der Waals surface area (Å²) in [5.74, 6) is -1.14. The summed E-state index contributed by atoms with van der Waals surface area (Å²) in [5.41, 5.74) is 0.00748. The van der Waals surface area contributed by atoms with E-state index in [0.717, 1.165) is 0 Å². The number of hydrogen-bond acceptors (Lipinski definition) is 3. The van der Waals surface area contributed by atoms with Crippen molar-refractivity contribution < 1.29 is 18.3 Å². The summed E-state index contributed by atoms with van der Waals surface area (Å²) in [6.07, 6.45) is 2.05. The van der Waals surface area contributed by atoms with E-state index in [9.17, 15) is 13.2 Å². The SMILES string of the molecule is CCn1cc(S(=O)(=O)NCCC(C)(C)C)cc1C(=O)O. The standard InChI is InChI=1S/C13H22N2O4S/c1-5-15-9-10(8-11(15)12(16)17)20(18,19)14-7-6-13(2,3)4/h8-9,14H,5-7H2,1-4H3,(H,16,17). The van der Waals surface area contributed by atoms with E-state index in [1.807, 2.05) is 20.8 Å². The van der Waals surface area contributed by atoms with Crippen LogP contribution in [0.25, 0.3) is 0 Å². The highest BCUT2D eigenvalue weighted by atomic mass is 32.2. The van der Waals surface area contributed by atoms with Crippen molar-refractivity contribution in [3.05, 3.63) is 18.0 Å². The average molecular weight is 302 g/mol. The fourth-order valence-corrected chi connectivity index (χ4v) is 2.79. The predicted octanol–water partition coefficient (Wildman–Crippen LogP) is 1.92. The van der Waals surface area contributed by atoms with Gasteiger partial charge in [-0.3, -0.25) is 0 Å². The van der Waals surface area contributed by atoms with Crippen LogP contribution in [0.15, 0.2) is 17.2 Å². The molecule has 0 aliphatic heterocycles. The number of carbonyl (C=O) groups is 1. The number of hydrogen-bond donors (Lipinski definition) is 2. The lowest BCUT2D eigenvalue weighted by Gasteiger charge is -2.17. The molecular formula is C13H22N2O4S. The third kappa shape index (κ3) is 4.35. The topological polar surface area (TPSA) is 88.4 Å². The maximum atomic E-state index is 12.1. The van der Waals surface area contributed by atoms with E-state index in [2.05, 4.69) is 4.72 Å². The zero-order valence-electron chi connectivity index (χ0n) is 12.3. The molecule has 0 aromatic carbocycles. The molecule has 6 nitrogen and oxygen atoms in total. The lowest BCUT2D eigenvalue weighted by atomic mass is 9.93. The van der Waals surface area contributed by atoms with Crippen molar-refractivity contribution in [2.24, 2.45) is 5.41 Å². The summed E-state index contributed by atoms with van der Waals surface area (Å²) in [4.78, 5) is 11.0. The van der Waals surface area contributed by atoms with Crippen molar-refractivity contribution in [2.45, 2.75) is 45.6 Å². The van der Waals surface area contributed by atoms with Crippen molar-refractivity contribution >= 4 is 16.0 Å². The second-order valence-electron chi connectivity index (χ2n) is 5.86. The smallest absolute Gasteiger partial charge is 0.352 e. The molecule has 0 radical (unpaired) electrons. The van der Waals surface area contributed by atoms with Gasteiger partial charge in [-0.25, -0.2) is 17.9 Å². The molecule has 7 heteroatoms. The van der Waals surface area contributed by atoms with Crippen molar-refractivity contribution in [3.8, 4) is 0 Å². The zero-order valence-corrected chi connectivity index (χ0v) is 13.1. The molecular weight excluding hydrogens is 280 g/mol. The van der Waals surface area contributed by atoms with Crippen LogP contribution in [0.3, 0.4) is 0 Å². The molecule has 0 fully saturated rings. The minimum atomic E-state index is -3.66. The Balaban J connectivity index is 2.90. The van der Waals surface area contributed by atoms with E-state index >= 15 is 0 Å². The van der Waals surface area contributed by atoms with Gasteiger partial charge in [0.15, 0.2) is 0 Å². The summed E-state index contributed by atoms with van der Waals surface area (Å²) in [6.45, 7) is 8.56. The van der Waals surface area contributed by atoms with Crippen LogP contribution in [0.2, 0.25) is 0 Å². The van der Waals surface area contributed by atoms with Crippen LogP contribution in [0, 0.1) is 5.41 Å². The normalized spacial score (nSPS) is 12.6. The molecule has 0 aliphatic rings. The highest BCUT2D eigenvalue weighted by molar-refractivity contribution is 7.89. The number of carboxylic acid groups (broad SMARTS) is 1. The maximum Gasteiger partial charge on any atom is 0.352 e. The van der Waals surface area contributed by atoms with Gasteiger partial charge in [0.2, 0.25) is 10.0 Å². The number of aryl methyl sites for hydroxylation is 1. The summed E-state index contributed by atoms with van der Waals surface area (Å²) >= 11 is 0. The fraction of sp³-hybridized carbons (Fsp3) is 0.615. The Bertz CT molecular complexity index is 582. The van der Waals surface area contributed by atoms with E-state index in [4.69, 9.17) is 5.11 Å². The van der Waals surface area contributed by atoms with Gasteiger partial charge >= 0.3 is 5.97 Å². The van der Waals surface area contributed by atoms with Crippen LogP contribution in [0.4, 0.5) is 0 Å². The zero-order chi connectivity index (χ0) is 15.6. The quantitative estimate of drug-likeness (QED) is 0.840. The third-order valence-corrected chi connectivity index (χ3v) is 4.34. The molecule has 0 atom stereocenters. The molecule has 0 saturated carbocycles. The number of aromatic nitrogens is 1. The first-order valence-electron chi connectivity index (χ1n) is 6.50. The Morgan fingerprint density at radius 1 is 1.40 bits per heavy atom. The molecule has 2 N–H and O–H groups in total. The molecule has 1 heterocycles. The largest absolute Gasteiger partial charge is 0.477 e. The van der Waals surface area contributed by atoms with Gasteiger partial charge in [0.1, 0.15) is 10.6 Å². The van der Waals surface area contributed by atoms with Gasteiger partial charge < -0.3 is 9.67 Å². The molecule has 1 aromatic rings. The Hall–Kier alpha value is -1.34. The number of sulfonamides is 1. The van der Waals surface area contributed by atoms with Crippen LogP contribution >= 0.6 is 0 Å². The molecule has 0 bridgehead atoms.